The molecular formula is C26H38O2. The van der Waals surface area contributed by atoms with E-state index in [2.05, 4.69) is 55.5 Å². The first kappa shape index (κ1) is 22.5. The molecule has 0 spiro atoms. The van der Waals surface area contributed by atoms with Gasteiger partial charge in [0.15, 0.2) is 0 Å². The molecule has 0 amide bonds. The van der Waals surface area contributed by atoms with E-state index < -0.39 is 5.97 Å². The molecule has 3 atom stereocenters. The van der Waals surface area contributed by atoms with Gasteiger partial charge >= 0.3 is 5.97 Å². The molecule has 2 nitrogen and oxygen atoms in total. The second kappa shape index (κ2) is 13.4. The van der Waals surface area contributed by atoms with Gasteiger partial charge in [0.25, 0.3) is 0 Å². The lowest BCUT2D eigenvalue weighted by Crippen LogP contribution is -2.25. The zero-order valence-electron chi connectivity index (χ0n) is 17.6. The third kappa shape index (κ3) is 8.91. The Labute approximate surface area is 171 Å². The summed E-state index contributed by atoms with van der Waals surface area (Å²) in [7, 11) is 0. The number of carboxylic acid groups (broad SMARTS) is 1. The Balaban J connectivity index is 1.76. The van der Waals surface area contributed by atoms with Gasteiger partial charge in [-0.2, -0.15) is 0 Å². The summed E-state index contributed by atoms with van der Waals surface area (Å²) in [6, 6.07) is 10.5. The second-order valence-corrected chi connectivity index (χ2v) is 8.34. The minimum absolute atomic E-state index is 0.252. The standard InChI is InChI=1S/C26H38O2/c1-2-3-4-5-6-7-8-9-11-16-23-17-18-24(25(20-23)21-26(27)28)19-22-14-12-10-13-15-22/h7-8,10,12-15,17-18,23-25H,2-6,9,11,16,19-21H2,1H3,(H,27,28). The maximum atomic E-state index is 11.4. The maximum Gasteiger partial charge on any atom is 0.303 e. The van der Waals surface area contributed by atoms with Crippen LogP contribution in [-0.2, 0) is 11.2 Å². The number of unbranched alkanes of at least 4 members (excludes halogenated alkanes) is 5. The van der Waals surface area contributed by atoms with E-state index in [1.54, 1.807) is 0 Å². The summed E-state index contributed by atoms with van der Waals surface area (Å²) in [6.45, 7) is 2.25. The molecule has 1 aromatic carbocycles. The Kier molecular flexibility index (Phi) is 10.7. The molecule has 1 N–H and O–H groups in total. The summed E-state index contributed by atoms with van der Waals surface area (Å²) in [5, 5.41) is 9.35. The monoisotopic (exact) mass is 382 g/mol. The Hall–Kier alpha value is -1.83. The number of aliphatic carboxylic acids is 1. The number of carboxylic acids is 1. The predicted octanol–water partition coefficient (Wildman–Crippen LogP) is 7.21. The highest BCUT2D eigenvalue weighted by Gasteiger charge is 2.28. The Morgan fingerprint density at radius 1 is 1.04 bits per heavy atom. The van der Waals surface area contributed by atoms with Gasteiger partial charge in [-0.05, 0) is 68.3 Å². The number of benzene rings is 1. The van der Waals surface area contributed by atoms with Crippen LogP contribution in [0.1, 0.15) is 76.7 Å². The van der Waals surface area contributed by atoms with Gasteiger partial charge in [-0.25, -0.2) is 0 Å². The van der Waals surface area contributed by atoms with Gasteiger partial charge in [0, 0.05) is 6.42 Å². The van der Waals surface area contributed by atoms with Crippen LogP contribution in [-0.4, -0.2) is 11.1 Å². The molecule has 0 saturated carbocycles. The van der Waals surface area contributed by atoms with Crippen LogP contribution in [0, 0.1) is 17.8 Å². The van der Waals surface area contributed by atoms with Crippen molar-refractivity contribution in [1.82, 2.24) is 0 Å². The molecule has 154 valence electrons. The third-order valence-corrected chi connectivity index (χ3v) is 5.93. The number of allylic oxidation sites excluding steroid dienone is 4. The van der Waals surface area contributed by atoms with E-state index in [1.165, 1.54) is 50.5 Å². The lowest BCUT2D eigenvalue weighted by Gasteiger charge is -2.31. The molecular weight excluding hydrogens is 344 g/mol. The van der Waals surface area contributed by atoms with Crippen molar-refractivity contribution in [3.8, 4) is 0 Å². The summed E-state index contributed by atoms with van der Waals surface area (Å²) < 4.78 is 0. The van der Waals surface area contributed by atoms with Gasteiger partial charge in [0.2, 0.25) is 0 Å². The van der Waals surface area contributed by atoms with Crippen molar-refractivity contribution in [2.75, 3.05) is 0 Å². The fourth-order valence-corrected chi connectivity index (χ4v) is 4.32. The third-order valence-electron chi connectivity index (χ3n) is 5.93. The first-order chi connectivity index (χ1) is 13.7. The minimum atomic E-state index is -0.664. The number of carbonyl (C=O) groups is 1. The Morgan fingerprint density at radius 2 is 1.79 bits per heavy atom. The van der Waals surface area contributed by atoms with E-state index in [0.29, 0.717) is 11.8 Å². The SMILES string of the molecule is CCCCCCC=CCCCC1C=CC(Cc2ccccc2)C(CC(=O)O)C1. The second-order valence-electron chi connectivity index (χ2n) is 8.34. The van der Waals surface area contributed by atoms with Crippen LogP contribution in [0.3, 0.4) is 0 Å². The molecule has 0 radical (unpaired) electrons. The molecule has 0 saturated heterocycles. The molecule has 0 fully saturated rings. The Bertz CT molecular complexity index is 602. The summed E-state index contributed by atoms with van der Waals surface area (Å²) in [6.07, 6.45) is 21.6. The van der Waals surface area contributed by atoms with Gasteiger partial charge < -0.3 is 5.11 Å². The topological polar surface area (TPSA) is 37.3 Å². The molecule has 2 rings (SSSR count). The van der Waals surface area contributed by atoms with Gasteiger partial charge in [-0.15, -0.1) is 0 Å². The number of rotatable bonds is 13. The molecule has 28 heavy (non-hydrogen) atoms. The average Bonchev–Trinajstić information content (AvgIpc) is 2.69. The van der Waals surface area contributed by atoms with E-state index in [1.807, 2.05) is 6.07 Å². The number of hydrogen-bond donors (Lipinski definition) is 1. The van der Waals surface area contributed by atoms with Crippen LogP contribution in [0.25, 0.3) is 0 Å². The van der Waals surface area contributed by atoms with Crippen molar-refractivity contribution in [2.45, 2.75) is 77.6 Å². The van der Waals surface area contributed by atoms with Gasteiger partial charge in [0.05, 0.1) is 0 Å². The fraction of sp³-hybridized carbons (Fsp3) is 0.577. The molecule has 1 aliphatic rings. The highest BCUT2D eigenvalue weighted by atomic mass is 16.4. The first-order valence-corrected chi connectivity index (χ1v) is 11.3. The average molecular weight is 383 g/mol. The molecule has 3 unspecified atom stereocenters. The smallest absolute Gasteiger partial charge is 0.303 e. The normalized spacial score (nSPS) is 22.0. The maximum absolute atomic E-state index is 11.4. The van der Waals surface area contributed by atoms with E-state index in [-0.39, 0.29) is 12.3 Å². The molecule has 0 bridgehead atoms. The number of hydrogen-bond acceptors (Lipinski definition) is 1. The van der Waals surface area contributed by atoms with Crippen molar-refractivity contribution >= 4 is 5.97 Å². The highest BCUT2D eigenvalue weighted by Crippen LogP contribution is 2.35. The zero-order chi connectivity index (χ0) is 20.0. The van der Waals surface area contributed by atoms with Crippen LogP contribution in [0.15, 0.2) is 54.6 Å². The van der Waals surface area contributed by atoms with Gasteiger partial charge in [0.1, 0.15) is 0 Å². The molecule has 0 aromatic heterocycles. The van der Waals surface area contributed by atoms with Gasteiger partial charge in [-0.3, -0.25) is 4.79 Å². The highest BCUT2D eigenvalue weighted by molar-refractivity contribution is 5.67. The lowest BCUT2D eigenvalue weighted by molar-refractivity contribution is -0.138. The van der Waals surface area contributed by atoms with E-state index in [9.17, 15) is 9.90 Å². The van der Waals surface area contributed by atoms with Crippen molar-refractivity contribution in [3.63, 3.8) is 0 Å². The quantitative estimate of drug-likeness (QED) is 0.289. The predicted molar refractivity (Wildman–Crippen MR) is 118 cm³/mol. The summed E-state index contributed by atoms with van der Waals surface area (Å²) in [5.74, 6) is 0.469. The molecule has 1 aromatic rings. The van der Waals surface area contributed by atoms with Crippen LogP contribution >= 0.6 is 0 Å². The van der Waals surface area contributed by atoms with Crippen LogP contribution in [0.2, 0.25) is 0 Å². The van der Waals surface area contributed by atoms with E-state index in [0.717, 1.165) is 19.3 Å². The summed E-state index contributed by atoms with van der Waals surface area (Å²) in [5.41, 5.74) is 1.30. The van der Waals surface area contributed by atoms with Crippen LogP contribution in [0.5, 0.6) is 0 Å². The zero-order valence-corrected chi connectivity index (χ0v) is 17.6. The summed E-state index contributed by atoms with van der Waals surface area (Å²) in [4.78, 5) is 11.4. The largest absolute Gasteiger partial charge is 0.481 e. The van der Waals surface area contributed by atoms with Crippen molar-refractivity contribution < 1.29 is 9.90 Å². The van der Waals surface area contributed by atoms with Crippen LogP contribution < -0.4 is 0 Å². The molecule has 2 heteroatoms. The van der Waals surface area contributed by atoms with Crippen LogP contribution in [0.4, 0.5) is 0 Å². The van der Waals surface area contributed by atoms with E-state index >= 15 is 0 Å². The van der Waals surface area contributed by atoms with Crippen molar-refractivity contribution in [3.05, 3.63) is 60.2 Å². The fourth-order valence-electron chi connectivity index (χ4n) is 4.32. The van der Waals surface area contributed by atoms with Gasteiger partial charge in [-0.1, -0.05) is 80.8 Å². The van der Waals surface area contributed by atoms with Crippen molar-refractivity contribution in [1.29, 1.82) is 0 Å². The first-order valence-electron chi connectivity index (χ1n) is 11.3. The van der Waals surface area contributed by atoms with E-state index in [4.69, 9.17) is 0 Å². The summed E-state index contributed by atoms with van der Waals surface area (Å²) >= 11 is 0. The van der Waals surface area contributed by atoms with Crippen molar-refractivity contribution in [2.24, 2.45) is 17.8 Å². The molecule has 0 aliphatic heterocycles. The minimum Gasteiger partial charge on any atom is -0.481 e. The lowest BCUT2D eigenvalue weighted by atomic mass is 9.73. The molecule has 0 heterocycles. The molecule has 1 aliphatic carbocycles. The Morgan fingerprint density at radius 3 is 2.50 bits per heavy atom.